The number of anilines is 1. The van der Waals surface area contributed by atoms with Gasteiger partial charge in [0, 0.05) is 16.2 Å². The van der Waals surface area contributed by atoms with Gasteiger partial charge in [-0.3, -0.25) is 4.79 Å². The van der Waals surface area contributed by atoms with Crippen LogP contribution in [0.3, 0.4) is 0 Å². The largest absolute Gasteiger partial charge is 0.359 e. The third-order valence-corrected chi connectivity index (χ3v) is 2.68. The van der Waals surface area contributed by atoms with E-state index in [1.165, 1.54) is 13.1 Å². The smallest absolute Gasteiger partial charge is 0.159 e. The predicted octanol–water partition coefficient (Wildman–Crippen LogP) is 2.99. The van der Waals surface area contributed by atoms with Crippen molar-refractivity contribution in [1.29, 1.82) is 10.5 Å². The average Bonchev–Trinajstić information content (AvgIpc) is 2.32. The van der Waals surface area contributed by atoms with Gasteiger partial charge in [0.1, 0.15) is 17.7 Å². The second-order valence-corrected chi connectivity index (χ2v) is 4.03. The normalized spacial score (nSPS) is 8.71. The highest BCUT2D eigenvalue weighted by atomic mass is 79.9. The molecule has 0 unspecified atom stereocenters. The lowest BCUT2D eigenvalue weighted by Gasteiger charge is -2.05. The minimum atomic E-state index is -0.0506. The van der Waals surface area contributed by atoms with Gasteiger partial charge in [-0.1, -0.05) is 6.07 Å². The Morgan fingerprint density at radius 3 is 2.59 bits per heavy atom. The molecule has 0 amide bonds. The van der Waals surface area contributed by atoms with Crippen molar-refractivity contribution < 1.29 is 4.79 Å². The first-order valence-corrected chi connectivity index (χ1v) is 5.45. The summed E-state index contributed by atoms with van der Waals surface area (Å²) in [5, 5.41) is 19.9. The summed E-state index contributed by atoms with van der Waals surface area (Å²) in [7, 11) is 0. The van der Waals surface area contributed by atoms with Gasteiger partial charge in [0.2, 0.25) is 0 Å². The monoisotopic (exact) mass is 289 g/mol. The Labute approximate surface area is 107 Å². The van der Waals surface area contributed by atoms with Gasteiger partial charge in [-0.25, -0.2) is 0 Å². The van der Waals surface area contributed by atoms with Gasteiger partial charge in [0.25, 0.3) is 0 Å². The highest BCUT2D eigenvalue weighted by Gasteiger charge is 2.04. The Morgan fingerprint density at radius 2 is 2.06 bits per heavy atom. The second kappa shape index (κ2) is 5.83. The number of rotatable bonds is 3. The number of nitrogens with zero attached hydrogens (tertiary/aromatic N) is 2. The molecule has 0 radical (unpaired) electrons. The molecule has 0 spiro atoms. The Kier molecular flexibility index (Phi) is 4.45. The number of nitriles is 2. The van der Waals surface area contributed by atoms with Crippen molar-refractivity contribution in [3.8, 4) is 12.1 Å². The van der Waals surface area contributed by atoms with Gasteiger partial charge in [-0.2, -0.15) is 10.5 Å². The molecule has 1 N–H and O–H groups in total. The molecule has 0 saturated heterocycles. The van der Waals surface area contributed by atoms with Crippen LogP contribution in [0.15, 0.2) is 34.4 Å². The third-order valence-electron chi connectivity index (χ3n) is 1.99. The number of Topliss-reactive ketones (excluding diaryl/α,β-unsaturated/α-hetero) is 1. The van der Waals surface area contributed by atoms with Crippen molar-refractivity contribution in [2.45, 2.75) is 6.92 Å². The van der Waals surface area contributed by atoms with Crippen molar-refractivity contribution in [3.05, 3.63) is 40.0 Å². The number of ketones is 1. The fourth-order valence-electron chi connectivity index (χ4n) is 1.09. The topological polar surface area (TPSA) is 76.7 Å². The van der Waals surface area contributed by atoms with Crippen LogP contribution in [-0.4, -0.2) is 5.78 Å². The fraction of sp³-hybridized carbons (Fsp3) is 0.0833. The van der Waals surface area contributed by atoms with E-state index in [0.29, 0.717) is 11.3 Å². The summed E-state index contributed by atoms with van der Waals surface area (Å²) >= 11 is 3.30. The first-order valence-electron chi connectivity index (χ1n) is 4.66. The molecule has 0 aromatic heterocycles. The fourth-order valence-corrected chi connectivity index (χ4v) is 1.46. The predicted molar refractivity (Wildman–Crippen MR) is 67.1 cm³/mol. The standard InChI is InChI=1S/C12H8BrN3O/c1-8(17)10-2-3-11(13)12(4-10)16-7-9(5-14)6-15/h2-4,7,16H,1H3. The molecule has 0 atom stereocenters. The summed E-state index contributed by atoms with van der Waals surface area (Å²) in [5.41, 5.74) is 1.14. The Balaban J connectivity index is 3.04. The zero-order chi connectivity index (χ0) is 12.8. The van der Waals surface area contributed by atoms with Gasteiger partial charge in [-0.05, 0) is 35.0 Å². The summed E-state index contributed by atoms with van der Waals surface area (Å²) in [4.78, 5) is 11.2. The number of nitrogens with one attached hydrogen (secondary N) is 1. The maximum Gasteiger partial charge on any atom is 0.159 e. The van der Waals surface area contributed by atoms with Crippen molar-refractivity contribution >= 4 is 27.4 Å². The van der Waals surface area contributed by atoms with Gasteiger partial charge in [-0.15, -0.1) is 0 Å². The van der Waals surface area contributed by atoms with E-state index >= 15 is 0 Å². The van der Waals surface area contributed by atoms with E-state index in [2.05, 4.69) is 21.2 Å². The van der Waals surface area contributed by atoms with Crippen LogP contribution >= 0.6 is 15.9 Å². The number of benzene rings is 1. The molecule has 1 rings (SSSR count). The molecular weight excluding hydrogens is 282 g/mol. The van der Waals surface area contributed by atoms with E-state index in [-0.39, 0.29) is 11.4 Å². The number of hydrogen-bond acceptors (Lipinski definition) is 4. The molecule has 17 heavy (non-hydrogen) atoms. The Hall–Kier alpha value is -2.11. The lowest BCUT2D eigenvalue weighted by Crippen LogP contribution is -1.96. The molecular formula is C12H8BrN3O. The summed E-state index contributed by atoms with van der Waals surface area (Å²) in [5.74, 6) is -0.0506. The van der Waals surface area contributed by atoms with E-state index in [9.17, 15) is 4.79 Å². The molecule has 0 aliphatic carbocycles. The van der Waals surface area contributed by atoms with Crippen LogP contribution in [0.4, 0.5) is 5.69 Å². The highest BCUT2D eigenvalue weighted by Crippen LogP contribution is 2.24. The van der Waals surface area contributed by atoms with Crippen LogP contribution in [0, 0.1) is 22.7 Å². The lowest BCUT2D eigenvalue weighted by molar-refractivity contribution is 0.101. The maximum absolute atomic E-state index is 11.2. The van der Waals surface area contributed by atoms with E-state index in [1.54, 1.807) is 30.3 Å². The molecule has 4 nitrogen and oxygen atoms in total. The third kappa shape index (κ3) is 3.44. The summed E-state index contributed by atoms with van der Waals surface area (Å²) in [6, 6.07) is 8.54. The van der Waals surface area contributed by atoms with Gasteiger partial charge in [0.05, 0.1) is 5.69 Å². The molecule has 1 aromatic carbocycles. The quantitative estimate of drug-likeness (QED) is 0.685. The molecule has 5 heteroatoms. The number of carbonyl (C=O) groups excluding carboxylic acids is 1. The number of halogens is 1. The van der Waals surface area contributed by atoms with Crippen LogP contribution < -0.4 is 5.32 Å². The van der Waals surface area contributed by atoms with E-state index < -0.39 is 0 Å². The highest BCUT2D eigenvalue weighted by molar-refractivity contribution is 9.10. The SMILES string of the molecule is CC(=O)c1ccc(Br)c(NC=C(C#N)C#N)c1. The number of carbonyl (C=O) groups is 1. The minimum Gasteiger partial charge on any atom is -0.359 e. The van der Waals surface area contributed by atoms with Gasteiger partial charge in [0.15, 0.2) is 5.78 Å². The molecule has 0 fully saturated rings. The molecule has 0 bridgehead atoms. The van der Waals surface area contributed by atoms with Crippen LogP contribution in [0.5, 0.6) is 0 Å². The van der Waals surface area contributed by atoms with Crippen molar-refractivity contribution in [2.75, 3.05) is 5.32 Å². The van der Waals surface area contributed by atoms with Crippen molar-refractivity contribution in [2.24, 2.45) is 0 Å². The van der Waals surface area contributed by atoms with E-state index in [1.807, 2.05) is 0 Å². The number of hydrogen-bond donors (Lipinski definition) is 1. The average molecular weight is 290 g/mol. The maximum atomic E-state index is 11.2. The van der Waals surface area contributed by atoms with Crippen molar-refractivity contribution in [3.63, 3.8) is 0 Å². The molecule has 0 saturated carbocycles. The van der Waals surface area contributed by atoms with Crippen LogP contribution in [-0.2, 0) is 0 Å². The van der Waals surface area contributed by atoms with Gasteiger partial charge >= 0.3 is 0 Å². The van der Waals surface area contributed by atoms with Gasteiger partial charge < -0.3 is 5.32 Å². The van der Waals surface area contributed by atoms with Crippen LogP contribution in [0.1, 0.15) is 17.3 Å². The number of allylic oxidation sites excluding steroid dienone is 1. The minimum absolute atomic E-state index is 0.0369. The lowest BCUT2D eigenvalue weighted by atomic mass is 10.1. The Morgan fingerprint density at radius 1 is 1.41 bits per heavy atom. The van der Waals surface area contributed by atoms with Crippen LogP contribution in [0.2, 0.25) is 0 Å². The second-order valence-electron chi connectivity index (χ2n) is 3.18. The van der Waals surface area contributed by atoms with Crippen molar-refractivity contribution in [1.82, 2.24) is 0 Å². The molecule has 0 aliphatic heterocycles. The zero-order valence-corrected chi connectivity index (χ0v) is 10.6. The van der Waals surface area contributed by atoms with E-state index in [0.717, 1.165) is 4.47 Å². The zero-order valence-electron chi connectivity index (χ0n) is 8.99. The first-order chi connectivity index (χ1) is 8.08. The summed E-state index contributed by atoms with van der Waals surface area (Å²) in [6.07, 6.45) is 1.30. The molecule has 1 aromatic rings. The molecule has 0 heterocycles. The first kappa shape index (κ1) is 13.0. The summed E-state index contributed by atoms with van der Waals surface area (Å²) in [6.45, 7) is 1.47. The Bertz CT molecular complexity index is 548. The molecule has 0 aliphatic rings. The molecule has 84 valence electrons. The summed E-state index contributed by atoms with van der Waals surface area (Å²) < 4.78 is 0.744. The van der Waals surface area contributed by atoms with Crippen LogP contribution in [0.25, 0.3) is 0 Å². The van der Waals surface area contributed by atoms with E-state index in [4.69, 9.17) is 10.5 Å².